The number of halogens is 1. The highest BCUT2D eigenvalue weighted by atomic mass is 35.5. The lowest BCUT2D eigenvalue weighted by molar-refractivity contribution is 0.0950. The molecule has 1 fully saturated rings. The fourth-order valence-corrected chi connectivity index (χ4v) is 4.15. The standard InChI is InChI=1S/C12H12ClNOS2/c13-6-12(2-3-12)7-14-11(15)10-5-9-8(17-10)1-4-16-9/h1,4-5H,2-3,6-7H2,(H,14,15). The highest BCUT2D eigenvalue weighted by Crippen LogP contribution is 2.45. The van der Waals surface area contributed by atoms with Gasteiger partial charge in [0.1, 0.15) is 0 Å². The number of carbonyl (C=O) groups is 1. The smallest absolute Gasteiger partial charge is 0.261 e. The van der Waals surface area contributed by atoms with Gasteiger partial charge in [-0.1, -0.05) is 0 Å². The molecule has 2 aromatic heterocycles. The number of fused-ring (bicyclic) bond motifs is 1. The zero-order valence-corrected chi connectivity index (χ0v) is 11.6. The second kappa shape index (κ2) is 4.26. The molecule has 90 valence electrons. The lowest BCUT2D eigenvalue weighted by Crippen LogP contribution is -2.30. The number of carbonyl (C=O) groups excluding carboxylic acids is 1. The molecule has 0 bridgehead atoms. The fourth-order valence-electron chi connectivity index (χ4n) is 1.77. The Morgan fingerprint density at radius 2 is 2.29 bits per heavy atom. The molecule has 0 radical (unpaired) electrons. The first kappa shape index (κ1) is 11.5. The van der Waals surface area contributed by atoms with Crippen LogP contribution in [0.25, 0.3) is 9.40 Å². The minimum absolute atomic E-state index is 0.0368. The zero-order valence-electron chi connectivity index (χ0n) is 9.16. The summed E-state index contributed by atoms with van der Waals surface area (Å²) >= 11 is 9.12. The molecule has 17 heavy (non-hydrogen) atoms. The van der Waals surface area contributed by atoms with Crippen LogP contribution in [-0.2, 0) is 0 Å². The third kappa shape index (κ3) is 2.21. The van der Waals surface area contributed by atoms with Crippen LogP contribution in [0.3, 0.4) is 0 Å². The van der Waals surface area contributed by atoms with Crippen LogP contribution in [0.5, 0.6) is 0 Å². The number of hydrogen-bond donors (Lipinski definition) is 1. The van der Waals surface area contributed by atoms with Gasteiger partial charge < -0.3 is 5.32 Å². The van der Waals surface area contributed by atoms with Crippen molar-refractivity contribution in [3.8, 4) is 0 Å². The molecule has 0 atom stereocenters. The summed E-state index contributed by atoms with van der Waals surface area (Å²) in [4.78, 5) is 12.8. The van der Waals surface area contributed by atoms with Gasteiger partial charge >= 0.3 is 0 Å². The molecule has 0 spiro atoms. The van der Waals surface area contributed by atoms with Crippen molar-refractivity contribution in [2.45, 2.75) is 12.8 Å². The monoisotopic (exact) mass is 285 g/mol. The van der Waals surface area contributed by atoms with Crippen molar-refractivity contribution < 1.29 is 4.79 Å². The van der Waals surface area contributed by atoms with E-state index >= 15 is 0 Å². The Labute approximate surface area is 113 Å². The average Bonchev–Trinajstić information content (AvgIpc) is 2.78. The number of hydrogen-bond acceptors (Lipinski definition) is 3. The van der Waals surface area contributed by atoms with E-state index in [1.165, 1.54) is 9.40 Å². The number of rotatable bonds is 4. The number of thiophene rings is 2. The molecular weight excluding hydrogens is 274 g/mol. The second-order valence-electron chi connectivity index (χ2n) is 4.58. The normalized spacial score (nSPS) is 17.2. The Balaban J connectivity index is 1.68. The summed E-state index contributed by atoms with van der Waals surface area (Å²) in [6.45, 7) is 0.709. The van der Waals surface area contributed by atoms with Crippen LogP contribution < -0.4 is 5.32 Å². The Morgan fingerprint density at radius 3 is 2.94 bits per heavy atom. The number of amides is 1. The van der Waals surface area contributed by atoms with Gasteiger partial charge in [-0.3, -0.25) is 4.79 Å². The van der Waals surface area contributed by atoms with Crippen molar-refractivity contribution in [3.05, 3.63) is 22.4 Å². The van der Waals surface area contributed by atoms with Crippen molar-refractivity contribution >= 4 is 49.6 Å². The van der Waals surface area contributed by atoms with E-state index < -0.39 is 0 Å². The average molecular weight is 286 g/mol. The molecule has 1 N–H and O–H groups in total. The largest absolute Gasteiger partial charge is 0.351 e. The van der Waals surface area contributed by atoms with E-state index in [-0.39, 0.29) is 11.3 Å². The van der Waals surface area contributed by atoms with Gasteiger partial charge in [0.25, 0.3) is 5.91 Å². The Kier molecular flexibility index (Phi) is 2.89. The summed E-state index contributed by atoms with van der Waals surface area (Å²) in [5.41, 5.74) is 0.186. The minimum atomic E-state index is 0.0368. The van der Waals surface area contributed by atoms with E-state index in [1.807, 2.05) is 6.07 Å². The Hall–Kier alpha value is -0.580. The summed E-state index contributed by atoms with van der Waals surface area (Å²) < 4.78 is 2.39. The lowest BCUT2D eigenvalue weighted by Gasteiger charge is -2.11. The van der Waals surface area contributed by atoms with Gasteiger partial charge in [-0.15, -0.1) is 34.3 Å². The first-order valence-corrected chi connectivity index (χ1v) is 7.77. The van der Waals surface area contributed by atoms with Crippen LogP contribution in [-0.4, -0.2) is 18.3 Å². The molecule has 0 saturated heterocycles. The van der Waals surface area contributed by atoms with Crippen molar-refractivity contribution in [3.63, 3.8) is 0 Å². The quantitative estimate of drug-likeness (QED) is 0.853. The van der Waals surface area contributed by atoms with Crippen LogP contribution in [0.2, 0.25) is 0 Å². The predicted molar refractivity (Wildman–Crippen MR) is 74.4 cm³/mol. The van der Waals surface area contributed by atoms with Crippen LogP contribution in [0, 0.1) is 5.41 Å². The van der Waals surface area contributed by atoms with Gasteiger partial charge in [-0.25, -0.2) is 0 Å². The molecule has 1 aliphatic carbocycles. The topological polar surface area (TPSA) is 29.1 Å². The first-order valence-electron chi connectivity index (χ1n) is 5.54. The molecule has 1 saturated carbocycles. The molecule has 2 aromatic rings. The van der Waals surface area contributed by atoms with Gasteiger partial charge in [0, 0.05) is 27.2 Å². The third-order valence-corrected chi connectivity index (χ3v) is 5.89. The highest BCUT2D eigenvalue weighted by Gasteiger charge is 2.41. The van der Waals surface area contributed by atoms with E-state index in [0.29, 0.717) is 12.4 Å². The zero-order chi connectivity index (χ0) is 11.9. The van der Waals surface area contributed by atoms with Crippen LogP contribution in [0.4, 0.5) is 0 Å². The molecule has 2 nitrogen and oxygen atoms in total. The van der Waals surface area contributed by atoms with E-state index in [2.05, 4.69) is 16.8 Å². The molecule has 2 heterocycles. The first-order chi connectivity index (χ1) is 8.22. The molecule has 5 heteroatoms. The van der Waals surface area contributed by atoms with Crippen molar-refractivity contribution in [1.29, 1.82) is 0 Å². The summed E-state index contributed by atoms with van der Waals surface area (Å²) in [5, 5.41) is 5.05. The van der Waals surface area contributed by atoms with Crippen LogP contribution in [0.1, 0.15) is 22.5 Å². The van der Waals surface area contributed by atoms with Gasteiger partial charge in [-0.2, -0.15) is 0 Å². The Bertz CT molecular complexity index is 527. The maximum atomic E-state index is 12.0. The summed E-state index contributed by atoms with van der Waals surface area (Å²) in [7, 11) is 0. The highest BCUT2D eigenvalue weighted by molar-refractivity contribution is 7.27. The molecule has 0 aromatic carbocycles. The van der Waals surface area contributed by atoms with Crippen LogP contribution in [0.15, 0.2) is 17.5 Å². The van der Waals surface area contributed by atoms with E-state index in [4.69, 9.17) is 11.6 Å². The fraction of sp³-hybridized carbons (Fsp3) is 0.417. The third-order valence-electron chi connectivity index (χ3n) is 3.23. The molecule has 3 rings (SSSR count). The second-order valence-corrected chi connectivity index (χ2v) is 6.87. The van der Waals surface area contributed by atoms with E-state index in [1.54, 1.807) is 22.7 Å². The molecule has 0 aliphatic heterocycles. The van der Waals surface area contributed by atoms with Gasteiger partial charge in [0.2, 0.25) is 0 Å². The summed E-state index contributed by atoms with van der Waals surface area (Å²) in [6, 6.07) is 4.03. The van der Waals surface area contributed by atoms with E-state index in [9.17, 15) is 4.79 Å². The van der Waals surface area contributed by atoms with Crippen molar-refractivity contribution in [1.82, 2.24) is 5.32 Å². The molecule has 1 aliphatic rings. The Morgan fingerprint density at radius 1 is 1.47 bits per heavy atom. The number of nitrogens with one attached hydrogen (secondary N) is 1. The van der Waals surface area contributed by atoms with Gasteiger partial charge in [0.15, 0.2) is 0 Å². The van der Waals surface area contributed by atoms with Crippen molar-refractivity contribution in [2.75, 3.05) is 12.4 Å². The van der Waals surface area contributed by atoms with Gasteiger partial charge in [0.05, 0.1) is 4.88 Å². The maximum absolute atomic E-state index is 12.0. The molecule has 0 unspecified atom stereocenters. The van der Waals surface area contributed by atoms with Gasteiger partial charge in [-0.05, 0) is 30.4 Å². The SMILES string of the molecule is O=C(NCC1(CCl)CC1)c1cc2sccc2s1. The van der Waals surface area contributed by atoms with Crippen molar-refractivity contribution in [2.24, 2.45) is 5.41 Å². The predicted octanol–water partition coefficient (Wildman–Crippen LogP) is 3.71. The summed E-state index contributed by atoms with van der Waals surface area (Å²) in [5.74, 6) is 0.682. The number of alkyl halides is 1. The minimum Gasteiger partial charge on any atom is -0.351 e. The van der Waals surface area contributed by atoms with E-state index in [0.717, 1.165) is 17.7 Å². The maximum Gasteiger partial charge on any atom is 0.261 e. The van der Waals surface area contributed by atoms with Crippen LogP contribution >= 0.6 is 34.3 Å². The lowest BCUT2D eigenvalue weighted by atomic mass is 10.1. The summed E-state index contributed by atoms with van der Waals surface area (Å²) in [6.07, 6.45) is 2.27. The molecule has 1 amide bonds. The molecular formula is C12H12ClNOS2.